The first-order valence-electron chi connectivity index (χ1n) is 24.6. The molecular formula is C55H88O9. The minimum Gasteiger partial charge on any atom is -0.457 e. The molecule has 6 unspecified atom stereocenters. The van der Waals surface area contributed by atoms with E-state index in [2.05, 4.69) is 135 Å². The van der Waals surface area contributed by atoms with Crippen molar-refractivity contribution in [2.75, 3.05) is 26.4 Å². The van der Waals surface area contributed by atoms with Crippen LogP contribution in [0.1, 0.15) is 155 Å². The summed E-state index contributed by atoms with van der Waals surface area (Å²) < 4.78 is 22.8. The molecule has 9 heteroatoms. The van der Waals surface area contributed by atoms with Crippen molar-refractivity contribution in [3.63, 3.8) is 0 Å². The van der Waals surface area contributed by atoms with Crippen molar-refractivity contribution in [3.8, 4) is 0 Å². The second-order valence-corrected chi connectivity index (χ2v) is 16.1. The number of hydrogen-bond donors (Lipinski definition) is 4. The summed E-state index contributed by atoms with van der Waals surface area (Å²) in [5, 5.41) is 40.2. The minimum atomic E-state index is -1.55. The Morgan fingerprint density at radius 2 is 0.906 bits per heavy atom. The highest BCUT2D eigenvalue weighted by Crippen LogP contribution is 2.22. The average molecular weight is 893 g/mol. The second kappa shape index (κ2) is 44.8. The van der Waals surface area contributed by atoms with Gasteiger partial charge in [0, 0.05) is 13.0 Å². The maximum absolute atomic E-state index is 12.8. The Balaban J connectivity index is 2.25. The number of carbonyl (C=O) groups is 1. The number of ether oxygens (including phenoxy) is 4. The van der Waals surface area contributed by atoms with E-state index >= 15 is 0 Å². The lowest BCUT2D eigenvalue weighted by atomic mass is 9.99. The number of esters is 1. The van der Waals surface area contributed by atoms with Crippen molar-refractivity contribution in [3.05, 3.63) is 122 Å². The summed E-state index contributed by atoms with van der Waals surface area (Å²) in [5.74, 6) is -0.364. The summed E-state index contributed by atoms with van der Waals surface area (Å²) in [4.78, 5) is 12.8. The number of aliphatic hydroxyl groups is 4. The molecule has 0 radical (unpaired) electrons. The lowest BCUT2D eigenvalue weighted by Crippen LogP contribution is -2.59. The van der Waals surface area contributed by atoms with E-state index in [0.717, 1.165) is 103 Å². The predicted octanol–water partition coefficient (Wildman–Crippen LogP) is 11.9. The van der Waals surface area contributed by atoms with Crippen LogP contribution in [0.3, 0.4) is 0 Å². The number of allylic oxidation sites excluding steroid dienone is 20. The van der Waals surface area contributed by atoms with E-state index in [4.69, 9.17) is 18.9 Å². The quantitative estimate of drug-likeness (QED) is 0.0269. The maximum Gasteiger partial charge on any atom is 0.306 e. The fourth-order valence-corrected chi connectivity index (χ4v) is 6.60. The minimum absolute atomic E-state index is 0.111. The highest BCUT2D eigenvalue weighted by atomic mass is 16.7. The molecule has 1 rings (SSSR count). The molecular weight excluding hydrogens is 805 g/mol. The average Bonchev–Trinajstić information content (AvgIpc) is 3.30. The molecule has 0 aromatic rings. The van der Waals surface area contributed by atoms with Crippen LogP contribution in [-0.2, 0) is 23.7 Å². The zero-order chi connectivity index (χ0) is 46.4. The van der Waals surface area contributed by atoms with Crippen molar-refractivity contribution in [1.82, 2.24) is 0 Å². The zero-order valence-electron chi connectivity index (χ0n) is 39.7. The standard InChI is InChI=1S/C55H88O9/c1-3-5-7-9-11-13-15-17-19-20-21-22-23-24-25-26-27-28-29-31-33-35-37-39-41-43-45-61-47-49(48-62-55-54(60)53(59)52(58)50(46-56)64-55)63-51(57)44-42-40-38-36-34-32-30-18-16-14-12-10-8-6-4-2/h5-8,11-14,17-19,21-22,24-25,27-28,30,34,36,49-50,52-56,58-60H,3-4,9-10,15-16,20,23,26,29,31-33,35,37-48H2,1-2H3/b7-5-,8-6-,13-11-,14-12-,19-17-,22-21-,25-24-,28-27-,30-18-,36-34-. The monoisotopic (exact) mass is 893 g/mol. The van der Waals surface area contributed by atoms with Crippen LogP contribution in [0, 0.1) is 0 Å². The van der Waals surface area contributed by atoms with E-state index in [1.807, 2.05) is 0 Å². The van der Waals surface area contributed by atoms with E-state index in [1.54, 1.807) is 0 Å². The fraction of sp³-hybridized carbons (Fsp3) is 0.618. The molecule has 9 nitrogen and oxygen atoms in total. The summed E-state index contributed by atoms with van der Waals surface area (Å²) >= 11 is 0. The fourth-order valence-electron chi connectivity index (χ4n) is 6.60. The Kier molecular flexibility index (Phi) is 41.0. The van der Waals surface area contributed by atoms with Gasteiger partial charge in [-0.05, 0) is 103 Å². The molecule has 0 saturated carbocycles. The van der Waals surface area contributed by atoms with E-state index in [-0.39, 0.29) is 25.6 Å². The third kappa shape index (κ3) is 34.9. The summed E-state index contributed by atoms with van der Waals surface area (Å²) in [6, 6.07) is 0. The first kappa shape index (κ1) is 58.6. The highest BCUT2D eigenvalue weighted by molar-refractivity contribution is 5.69. The Morgan fingerprint density at radius 3 is 1.36 bits per heavy atom. The summed E-state index contributed by atoms with van der Waals surface area (Å²) in [6.07, 6.45) is 58.0. The van der Waals surface area contributed by atoms with Gasteiger partial charge in [0.2, 0.25) is 0 Å². The Labute approximate surface area is 388 Å². The Morgan fingerprint density at radius 1 is 0.500 bits per heavy atom. The number of carbonyl (C=O) groups excluding carboxylic acids is 1. The van der Waals surface area contributed by atoms with Gasteiger partial charge in [-0.15, -0.1) is 0 Å². The predicted molar refractivity (Wildman–Crippen MR) is 265 cm³/mol. The van der Waals surface area contributed by atoms with Gasteiger partial charge in [0.25, 0.3) is 0 Å². The molecule has 0 aromatic heterocycles. The molecule has 1 aliphatic heterocycles. The van der Waals surface area contributed by atoms with Crippen LogP contribution in [-0.4, -0.2) is 89.6 Å². The van der Waals surface area contributed by atoms with Crippen LogP contribution in [0.4, 0.5) is 0 Å². The first-order valence-corrected chi connectivity index (χ1v) is 24.6. The molecule has 6 atom stereocenters. The molecule has 0 bridgehead atoms. The van der Waals surface area contributed by atoms with Crippen LogP contribution in [0.5, 0.6) is 0 Å². The number of hydrogen-bond acceptors (Lipinski definition) is 9. The number of rotatable bonds is 40. The van der Waals surface area contributed by atoms with Crippen LogP contribution < -0.4 is 0 Å². The van der Waals surface area contributed by atoms with Gasteiger partial charge < -0.3 is 39.4 Å². The lowest BCUT2D eigenvalue weighted by Gasteiger charge is -2.39. The van der Waals surface area contributed by atoms with Gasteiger partial charge in [0.05, 0.1) is 19.8 Å². The molecule has 1 fully saturated rings. The van der Waals surface area contributed by atoms with Crippen molar-refractivity contribution in [1.29, 1.82) is 0 Å². The third-order valence-corrected chi connectivity index (χ3v) is 10.4. The van der Waals surface area contributed by atoms with Crippen LogP contribution >= 0.6 is 0 Å². The van der Waals surface area contributed by atoms with E-state index < -0.39 is 43.4 Å². The smallest absolute Gasteiger partial charge is 0.306 e. The number of aliphatic hydroxyl groups excluding tert-OH is 4. The number of unbranched alkanes of at least 4 members (excludes halogenated alkanes) is 9. The molecule has 0 amide bonds. The van der Waals surface area contributed by atoms with Gasteiger partial charge in [-0.2, -0.15) is 0 Å². The van der Waals surface area contributed by atoms with E-state index in [9.17, 15) is 25.2 Å². The SMILES string of the molecule is CC/C=C\C/C=C\C/C=C\C/C=C\C/C=C\C/C=C\CCCCCCCCCOCC(COC1OC(CO)C(O)C(O)C1O)OC(=O)CCCC/C=C\C/C=C\C/C=C\C/C=C\CC. The topological polar surface area (TPSA) is 135 Å². The Hall–Kier alpha value is -3.41. The molecule has 362 valence electrons. The zero-order valence-corrected chi connectivity index (χ0v) is 39.7. The molecule has 0 spiro atoms. The van der Waals surface area contributed by atoms with Crippen molar-refractivity contribution >= 4 is 5.97 Å². The van der Waals surface area contributed by atoms with Crippen LogP contribution in [0.25, 0.3) is 0 Å². The Bertz CT molecular complexity index is 1390. The van der Waals surface area contributed by atoms with Crippen molar-refractivity contribution < 1.29 is 44.2 Å². The summed E-state index contributed by atoms with van der Waals surface area (Å²) in [6.45, 7) is 4.22. The maximum atomic E-state index is 12.8. The highest BCUT2D eigenvalue weighted by Gasteiger charge is 2.44. The van der Waals surface area contributed by atoms with Gasteiger partial charge in [0.15, 0.2) is 6.29 Å². The largest absolute Gasteiger partial charge is 0.457 e. The molecule has 1 heterocycles. The lowest BCUT2D eigenvalue weighted by molar-refractivity contribution is -0.305. The van der Waals surface area contributed by atoms with E-state index in [0.29, 0.717) is 13.0 Å². The van der Waals surface area contributed by atoms with Crippen LogP contribution in [0.15, 0.2) is 122 Å². The van der Waals surface area contributed by atoms with Crippen LogP contribution in [0.2, 0.25) is 0 Å². The molecule has 64 heavy (non-hydrogen) atoms. The molecule has 1 aliphatic rings. The molecule has 1 saturated heterocycles. The third-order valence-electron chi connectivity index (χ3n) is 10.4. The van der Waals surface area contributed by atoms with E-state index in [1.165, 1.54) is 25.7 Å². The molecule has 0 aliphatic carbocycles. The summed E-state index contributed by atoms with van der Waals surface area (Å²) in [7, 11) is 0. The first-order chi connectivity index (χ1) is 31.4. The molecule has 4 N–H and O–H groups in total. The second-order valence-electron chi connectivity index (χ2n) is 16.1. The molecule has 0 aromatic carbocycles. The van der Waals surface area contributed by atoms with Gasteiger partial charge in [-0.1, -0.05) is 167 Å². The normalized spacial score (nSPS) is 20.6. The summed E-state index contributed by atoms with van der Waals surface area (Å²) in [5.41, 5.74) is 0. The van der Waals surface area contributed by atoms with Gasteiger partial charge in [0.1, 0.15) is 30.5 Å². The van der Waals surface area contributed by atoms with Crippen molar-refractivity contribution in [2.24, 2.45) is 0 Å². The van der Waals surface area contributed by atoms with Crippen molar-refractivity contribution in [2.45, 2.75) is 192 Å². The van der Waals surface area contributed by atoms with Gasteiger partial charge >= 0.3 is 5.97 Å². The van der Waals surface area contributed by atoms with Gasteiger partial charge in [-0.25, -0.2) is 0 Å². The van der Waals surface area contributed by atoms with Gasteiger partial charge in [-0.3, -0.25) is 4.79 Å².